The molecular weight excluding hydrogens is 419 g/mol. The number of fused-ring (bicyclic) bond motifs is 1. The van der Waals surface area contributed by atoms with Crippen molar-refractivity contribution in [2.45, 2.75) is 25.1 Å². The Hall–Kier alpha value is -3.30. The monoisotopic (exact) mass is 440 g/mol. The van der Waals surface area contributed by atoms with E-state index in [0.29, 0.717) is 11.5 Å². The van der Waals surface area contributed by atoms with Gasteiger partial charge in [-0.3, -0.25) is 4.79 Å². The van der Waals surface area contributed by atoms with Crippen LogP contribution in [0.5, 0.6) is 0 Å². The Morgan fingerprint density at radius 2 is 1.84 bits per heavy atom. The third-order valence-electron chi connectivity index (χ3n) is 4.96. The minimum absolute atomic E-state index is 0.0656. The quantitative estimate of drug-likeness (QED) is 0.410. The molecule has 0 unspecified atom stereocenters. The number of benzene rings is 2. The van der Waals surface area contributed by atoms with Crippen LogP contribution in [0, 0.1) is 12.7 Å². The van der Waals surface area contributed by atoms with Gasteiger partial charge in [-0.1, -0.05) is 36.4 Å². The largest absolute Gasteiger partial charge is 0.361 e. The molecule has 31 heavy (non-hydrogen) atoms. The smallest absolute Gasteiger partial charge is 0.251 e. The van der Waals surface area contributed by atoms with Gasteiger partial charge in [-0.15, -0.1) is 0 Å². The van der Waals surface area contributed by atoms with Crippen LogP contribution in [0.4, 0.5) is 4.39 Å². The first-order chi connectivity index (χ1) is 14.8. The molecule has 2 aromatic heterocycles. The van der Waals surface area contributed by atoms with E-state index in [-0.39, 0.29) is 17.5 Å². The second-order valence-electron chi connectivity index (χ2n) is 7.34. The second-order valence-corrected chi connectivity index (χ2v) is 9.09. The molecule has 0 aliphatic rings. The van der Waals surface area contributed by atoms with E-state index in [9.17, 15) is 17.6 Å². The van der Waals surface area contributed by atoms with Crippen LogP contribution in [0.3, 0.4) is 0 Å². The number of H-pyrrole nitrogens is 2. The van der Waals surface area contributed by atoms with Gasteiger partial charge in [0.15, 0.2) is 0 Å². The maximum atomic E-state index is 14.0. The van der Waals surface area contributed by atoms with Crippen molar-refractivity contribution in [3.63, 3.8) is 0 Å². The summed E-state index contributed by atoms with van der Waals surface area (Å²) < 4.78 is 42.4. The third-order valence-corrected chi connectivity index (χ3v) is 6.30. The van der Waals surface area contributed by atoms with Gasteiger partial charge in [-0.2, -0.15) is 0 Å². The second kappa shape index (κ2) is 8.44. The summed E-state index contributed by atoms with van der Waals surface area (Å²) in [6.07, 6.45) is 2.07. The first-order valence-corrected chi connectivity index (χ1v) is 11.3. The molecule has 0 radical (unpaired) electrons. The summed E-state index contributed by atoms with van der Waals surface area (Å²) >= 11 is 0. The molecular formula is C22H21FN4O3S. The molecule has 160 valence electrons. The van der Waals surface area contributed by atoms with E-state index in [4.69, 9.17) is 0 Å². The average Bonchev–Trinajstić information content (AvgIpc) is 3.11. The van der Waals surface area contributed by atoms with Crippen molar-refractivity contribution < 1.29 is 12.8 Å². The molecule has 0 fully saturated rings. The molecule has 1 atom stereocenters. The number of hydrogen-bond donors (Lipinski definition) is 3. The fraction of sp³-hybridized carbons (Fsp3) is 0.182. The molecule has 0 aliphatic heterocycles. The maximum Gasteiger partial charge on any atom is 0.251 e. The number of aryl methyl sites for hydroxylation is 1. The zero-order valence-electron chi connectivity index (χ0n) is 16.7. The number of para-hydroxylation sites is 1. The molecule has 3 N–H and O–H groups in total. The zero-order chi connectivity index (χ0) is 22.0. The molecule has 0 saturated carbocycles. The molecule has 0 saturated heterocycles. The Balaban J connectivity index is 1.70. The average molecular weight is 441 g/mol. The normalized spacial score (nSPS) is 12.8. The van der Waals surface area contributed by atoms with Crippen LogP contribution < -0.4 is 10.3 Å². The van der Waals surface area contributed by atoms with Gasteiger partial charge >= 0.3 is 0 Å². The van der Waals surface area contributed by atoms with E-state index >= 15 is 0 Å². The van der Waals surface area contributed by atoms with Crippen LogP contribution in [0.15, 0.2) is 65.6 Å². The van der Waals surface area contributed by atoms with Crippen LogP contribution in [-0.2, 0) is 22.2 Å². The highest BCUT2D eigenvalue weighted by Crippen LogP contribution is 2.24. The van der Waals surface area contributed by atoms with Crippen LogP contribution in [-0.4, -0.2) is 23.4 Å². The summed E-state index contributed by atoms with van der Waals surface area (Å²) in [4.78, 5) is 22.1. The summed E-state index contributed by atoms with van der Waals surface area (Å²) in [6.45, 7) is 1.63. The van der Waals surface area contributed by atoms with Crippen molar-refractivity contribution in [3.05, 3.63) is 99.6 Å². The zero-order valence-corrected chi connectivity index (χ0v) is 17.5. The molecule has 0 bridgehead atoms. The molecule has 4 rings (SSSR count). The first kappa shape index (κ1) is 21.0. The van der Waals surface area contributed by atoms with Gasteiger partial charge in [0.1, 0.15) is 11.6 Å². The molecule has 2 aromatic carbocycles. The van der Waals surface area contributed by atoms with Gasteiger partial charge < -0.3 is 9.97 Å². The van der Waals surface area contributed by atoms with Crippen molar-refractivity contribution in [1.29, 1.82) is 0 Å². The van der Waals surface area contributed by atoms with E-state index in [1.54, 1.807) is 13.0 Å². The Morgan fingerprint density at radius 1 is 1.10 bits per heavy atom. The fourth-order valence-electron chi connectivity index (χ4n) is 3.59. The maximum absolute atomic E-state index is 14.0. The molecule has 7 nitrogen and oxygen atoms in total. The Morgan fingerprint density at radius 3 is 2.61 bits per heavy atom. The van der Waals surface area contributed by atoms with E-state index in [0.717, 1.165) is 16.5 Å². The van der Waals surface area contributed by atoms with E-state index in [2.05, 4.69) is 19.7 Å². The fourth-order valence-corrected chi connectivity index (χ4v) is 4.95. The minimum atomic E-state index is -3.94. The highest BCUT2D eigenvalue weighted by molar-refractivity contribution is 7.88. The molecule has 2 heterocycles. The standard InChI is InChI=1S/C22H21FN4O3S/c1-14-25-20(11-22(28)26-14)21(10-16-12-24-19-9-5-3-7-17(16)19)27-31(29,30)13-15-6-2-4-8-18(15)23/h2-9,11-12,21,24,27H,10,13H2,1H3,(H,25,26,28)/t21-/m1/s1. The van der Waals surface area contributed by atoms with Crippen LogP contribution in [0.1, 0.15) is 28.7 Å². The first-order valence-electron chi connectivity index (χ1n) is 9.67. The van der Waals surface area contributed by atoms with Gasteiger partial charge in [0.2, 0.25) is 10.0 Å². The third kappa shape index (κ3) is 4.89. The minimum Gasteiger partial charge on any atom is -0.361 e. The summed E-state index contributed by atoms with van der Waals surface area (Å²) in [5, 5.41) is 0.947. The highest BCUT2D eigenvalue weighted by Gasteiger charge is 2.24. The van der Waals surface area contributed by atoms with Gasteiger partial charge in [-0.05, 0) is 31.0 Å². The van der Waals surface area contributed by atoms with Crippen molar-refractivity contribution in [1.82, 2.24) is 19.7 Å². The Bertz CT molecular complexity index is 1400. The number of halogens is 1. The number of aromatic amines is 2. The van der Waals surface area contributed by atoms with Crippen molar-refractivity contribution in [2.24, 2.45) is 0 Å². The van der Waals surface area contributed by atoms with Crippen LogP contribution in [0.2, 0.25) is 0 Å². The van der Waals surface area contributed by atoms with Crippen LogP contribution >= 0.6 is 0 Å². The van der Waals surface area contributed by atoms with Crippen molar-refractivity contribution >= 4 is 20.9 Å². The molecule has 9 heteroatoms. The van der Waals surface area contributed by atoms with Gasteiger partial charge in [0.25, 0.3) is 5.56 Å². The van der Waals surface area contributed by atoms with E-state index in [1.165, 1.54) is 24.3 Å². The van der Waals surface area contributed by atoms with Crippen LogP contribution in [0.25, 0.3) is 10.9 Å². The van der Waals surface area contributed by atoms with E-state index in [1.807, 2.05) is 30.5 Å². The van der Waals surface area contributed by atoms with Gasteiger partial charge in [0.05, 0.1) is 17.5 Å². The predicted octanol–water partition coefficient (Wildman–Crippen LogP) is 3.10. The number of aromatic nitrogens is 3. The lowest BCUT2D eigenvalue weighted by molar-refractivity contribution is 0.545. The lowest BCUT2D eigenvalue weighted by Crippen LogP contribution is -2.33. The highest BCUT2D eigenvalue weighted by atomic mass is 32.2. The Kier molecular flexibility index (Phi) is 5.71. The number of hydrogen-bond acceptors (Lipinski definition) is 4. The van der Waals surface area contributed by atoms with Crippen molar-refractivity contribution in [3.8, 4) is 0 Å². The van der Waals surface area contributed by atoms with Gasteiger partial charge in [0, 0.05) is 28.7 Å². The number of sulfonamides is 1. The number of nitrogens with one attached hydrogen (secondary N) is 3. The lowest BCUT2D eigenvalue weighted by Gasteiger charge is -2.19. The Labute approximate surface area is 178 Å². The van der Waals surface area contributed by atoms with Crippen molar-refractivity contribution in [2.75, 3.05) is 0 Å². The summed E-state index contributed by atoms with van der Waals surface area (Å²) in [5.74, 6) is -0.738. The topological polar surface area (TPSA) is 108 Å². The molecule has 4 aromatic rings. The summed E-state index contributed by atoms with van der Waals surface area (Å²) in [6, 6.07) is 13.9. The van der Waals surface area contributed by atoms with Gasteiger partial charge in [-0.25, -0.2) is 22.5 Å². The molecule has 0 spiro atoms. The predicted molar refractivity (Wildman–Crippen MR) is 116 cm³/mol. The van der Waals surface area contributed by atoms with E-state index < -0.39 is 27.6 Å². The molecule has 0 amide bonds. The number of rotatable bonds is 7. The summed E-state index contributed by atoms with van der Waals surface area (Å²) in [5.41, 5.74) is 1.77. The lowest BCUT2D eigenvalue weighted by atomic mass is 10.0. The number of nitrogens with zero attached hydrogens (tertiary/aromatic N) is 1. The molecule has 0 aliphatic carbocycles. The summed E-state index contributed by atoms with van der Waals surface area (Å²) in [7, 11) is -3.94. The SMILES string of the molecule is Cc1nc([C@@H](Cc2c[nH]c3ccccc23)NS(=O)(=O)Cc2ccccc2F)cc(=O)[nH]1.